The molecule has 5 nitrogen and oxygen atoms in total. The highest BCUT2D eigenvalue weighted by atomic mass is 35.5. The molecule has 0 unspecified atom stereocenters. The molecule has 0 aliphatic carbocycles. The molecule has 2 aromatic heterocycles. The summed E-state index contributed by atoms with van der Waals surface area (Å²) in [6, 6.07) is 14.8. The molecule has 1 amide bonds. The number of fused-ring (bicyclic) bond motifs is 2. The van der Waals surface area contributed by atoms with Crippen molar-refractivity contribution in [1.29, 1.82) is 0 Å². The summed E-state index contributed by atoms with van der Waals surface area (Å²) in [7, 11) is 0. The van der Waals surface area contributed by atoms with Crippen molar-refractivity contribution in [2.24, 2.45) is 0 Å². The van der Waals surface area contributed by atoms with Crippen LogP contribution in [0.3, 0.4) is 0 Å². The van der Waals surface area contributed by atoms with Crippen LogP contribution in [0.15, 0.2) is 48.5 Å². The average Bonchev–Trinajstić information content (AvgIpc) is 3.18. The van der Waals surface area contributed by atoms with E-state index in [1.54, 1.807) is 12.1 Å². The molecule has 0 aliphatic heterocycles. The van der Waals surface area contributed by atoms with Gasteiger partial charge in [-0.15, -0.1) is 0 Å². The minimum Gasteiger partial charge on any atom is -0.350 e. The number of aromatic nitrogens is 3. The van der Waals surface area contributed by atoms with Crippen LogP contribution in [0, 0.1) is 0 Å². The van der Waals surface area contributed by atoms with Crippen molar-refractivity contribution in [2.45, 2.75) is 13.0 Å². The summed E-state index contributed by atoms with van der Waals surface area (Å²) >= 11 is 5.98. The SMILES string of the molecule is C[C@@H](NC(=O)c1cc2ccc(Cl)cc2[nH]1)c1nc2ccccc2[nH]1. The number of imidazole rings is 1. The van der Waals surface area contributed by atoms with Crippen molar-refractivity contribution in [3.8, 4) is 0 Å². The van der Waals surface area contributed by atoms with Crippen LogP contribution in [-0.2, 0) is 0 Å². The fourth-order valence-corrected chi connectivity index (χ4v) is 2.91. The second-order valence-corrected chi connectivity index (χ2v) is 6.19. The first-order valence-corrected chi connectivity index (χ1v) is 8.02. The normalized spacial score (nSPS) is 12.6. The number of carbonyl (C=O) groups is 1. The van der Waals surface area contributed by atoms with Crippen LogP contribution < -0.4 is 5.32 Å². The zero-order chi connectivity index (χ0) is 16.7. The average molecular weight is 339 g/mol. The number of benzene rings is 2. The van der Waals surface area contributed by atoms with E-state index in [1.807, 2.05) is 43.3 Å². The van der Waals surface area contributed by atoms with E-state index in [9.17, 15) is 4.79 Å². The number of nitrogens with one attached hydrogen (secondary N) is 3. The van der Waals surface area contributed by atoms with Gasteiger partial charge >= 0.3 is 0 Å². The van der Waals surface area contributed by atoms with E-state index in [0.29, 0.717) is 10.7 Å². The molecular formula is C18H15ClN4O. The Balaban J connectivity index is 1.57. The highest BCUT2D eigenvalue weighted by Gasteiger charge is 2.16. The van der Waals surface area contributed by atoms with Crippen molar-refractivity contribution in [1.82, 2.24) is 20.3 Å². The van der Waals surface area contributed by atoms with E-state index in [0.717, 1.165) is 27.8 Å². The Morgan fingerprint density at radius 2 is 1.96 bits per heavy atom. The summed E-state index contributed by atoms with van der Waals surface area (Å²) in [4.78, 5) is 23.3. The molecule has 2 aromatic carbocycles. The Bertz CT molecular complexity index is 1020. The summed E-state index contributed by atoms with van der Waals surface area (Å²) in [5, 5.41) is 4.53. The predicted octanol–water partition coefficient (Wildman–Crippen LogP) is 4.19. The lowest BCUT2D eigenvalue weighted by Gasteiger charge is -2.10. The fraction of sp³-hybridized carbons (Fsp3) is 0.111. The summed E-state index contributed by atoms with van der Waals surface area (Å²) in [6.45, 7) is 1.90. The molecule has 0 saturated heterocycles. The summed E-state index contributed by atoms with van der Waals surface area (Å²) in [5.74, 6) is 0.541. The Labute approximate surface area is 143 Å². The van der Waals surface area contributed by atoms with Crippen LogP contribution in [0.5, 0.6) is 0 Å². The minimum atomic E-state index is -0.236. The third-order valence-corrected chi connectivity index (χ3v) is 4.23. The molecule has 6 heteroatoms. The molecule has 4 aromatic rings. The van der Waals surface area contributed by atoms with Crippen LogP contribution in [0.25, 0.3) is 21.9 Å². The largest absolute Gasteiger partial charge is 0.350 e. The molecule has 3 N–H and O–H groups in total. The number of carbonyl (C=O) groups excluding carboxylic acids is 1. The summed E-state index contributed by atoms with van der Waals surface area (Å²) < 4.78 is 0. The summed E-state index contributed by atoms with van der Waals surface area (Å²) in [5.41, 5.74) is 3.17. The van der Waals surface area contributed by atoms with E-state index < -0.39 is 0 Å². The van der Waals surface area contributed by atoms with Gasteiger partial charge in [-0.2, -0.15) is 0 Å². The number of para-hydroxylation sites is 2. The van der Waals surface area contributed by atoms with Crippen molar-refractivity contribution in [3.05, 3.63) is 65.1 Å². The number of H-pyrrole nitrogens is 2. The van der Waals surface area contributed by atoms with Crippen molar-refractivity contribution in [3.63, 3.8) is 0 Å². The monoisotopic (exact) mass is 338 g/mol. The molecule has 1 atom stereocenters. The van der Waals surface area contributed by atoms with Gasteiger partial charge in [-0.1, -0.05) is 29.8 Å². The zero-order valence-electron chi connectivity index (χ0n) is 12.9. The molecule has 0 spiro atoms. The van der Waals surface area contributed by atoms with Gasteiger partial charge in [0.05, 0.1) is 17.1 Å². The molecule has 0 radical (unpaired) electrons. The number of hydrogen-bond acceptors (Lipinski definition) is 2. The van der Waals surface area contributed by atoms with Gasteiger partial charge in [-0.3, -0.25) is 4.79 Å². The second kappa shape index (κ2) is 5.69. The van der Waals surface area contributed by atoms with Gasteiger partial charge in [-0.25, -0.2) is 4.98 Å². The van der Waals surface area contributed by atoms with Crippen LogP contribution in [0.4, 0.5) is 0 Å². The number of amides is 1. The number of rotatable bonds is 3. The molecule has 0 saturated carbocycles. The van der Waals surface area contributed by atoms with Crippen LogP contribution >= 0.6 is 11.6 Å². The first kappa shape index (κ1) is 14.8. The van der Waals surface area contributed by atoms with Crippen LogP contribution in [0.1, 0.15) is 29.3 Å². The van der Waals surface area contributed by atoms with Crippen molar-refractivity contribution >= 4 is 39.4 Å². The van der Waals surface area contributed by atoms with E-state index in [2.05, 4.69) is 20.3 Å². The van der Waals surface area contributed by atoms with Gasteiger partial charge in [0.15, 0.2) is 0 Å². The number of aromatic amines is 2. The molecule has 0 fully saturated rings. The first-order chi connectivity index (χ1) is 11.6. The quantitative estimate of drug-likeness (QED) is 0.524. The van der Waals surface area contributed by atoms with E-state index >= 15 is 0 Å². The minimum absolute atomic E-state index is 0.185. The first-order valence-electron chi connectivity index (χ1n) is 7.64. The van der Waals surface area contributed by atoms with Gasteiger partial charge in [0.1, 0.15) is 11.5 Å². The Hall–Kier alpha value is -2.79. The highest BCUT2D eigenvalue weighted by molar-refractivity contribution is 6.31. The zero-order valence-corrected chi connectivity index (χ0v) is 13.7. The Morgan fingerprint density at radius 3 is 2.79 bits per heavy atom. The topological polar surface area (TPSA) is 73.6 Å². The predicted molar refractivity (Wildman–Crippen MR) is 95.3 cm³/mol. The number of hydrogen-bond donors (Lipinski definition) is 3. The van der Waals surface area contributed by atoms with Crippen molar-refractivity contribution < 1.29 is 4.79 Å². The summed E-state index contributed by atoms with van der Waals surface area (Å²) in [6.07, 6.45) is 0. The van der Waals surface area contributed by atoms with E-state index in [-0.39, 0.29) is 11.9 Å². The van der Waals surface area contributed by atoms with Crippen LogP contribution in [-0.4, -0.2) is 20.9 Å². The molecular weight excluding hydrogens is 324 g/mol. The lowest BCUT2D eigenvalue weighted by Crippen LogP contribution is -2.27. The smallest absolute Gasteiger partial charge is 0.268 e. The molecule has 0 aliphatic rings. The molecule has 24 heavy (non-hydrogen) atoms. The molecule has 4 rings (SSSR count). The lowest BCUT2D eigenvalue weighted by atomic mass is 10.2. The standard InChI is InChI=1S/C18H15ClN4O/c1-10(17-22-13-4-2-3-5-14(13)23-17)20-18(24)16-8-11-6-7-12(19)9-15(11)21-16/h2-10,21H,1H3,(H,20,24)(H,22,23)/t10-/m1/s1. The number of nitrogens with zero attached hydrogens (tertiary/aromatic N) is 1. The van der Waals surface area contributed by atoms with Gasteiger partial charge < -0.3 is 15.3 Å². The van der Waals surface area contributed by atoms with E-state index in [4.69, 9.17) is 11.6 Å². The lowest BCUT2D eigenvalue weighted by molar-refractivity contribution is 0.0934. The maximum Gasteiger partial charge on any atom is 0.268 e. The maximum absolute atomic E-state index is 12.5. The third kappa shape index (κ3) is 2.63. The molecule has 2 heterocycles. The van der Waals surface area contributed by atoms with Gasteiger partial charge in [0, 0.05) is 15.9 Å². The van der Waals surface area contributed by atoms with E-state index in [1.165, 1.54) is 0 Å². The van der Waals surface area contributed by atoms with Crippen molar-refractivity contribution in [2.75, 3.05) is 0 Å². The number of halogens is 1. The Morgan fingerprint density at radius 1 is 1.12 bits per heavy atom. The van der Waals surface area contributed by atoms with Gasteiger partial charge in [-0.05, 0) is 37.3 Å². The molecule has 120 valence electrons. The van der Waals surface area contributed by atoms with Crippen LogP contribution in [0.2, 0.25) is 5.02 Å². The fourth-order valence-electron chi connectivity index (χ4n) is 2.74. The second-order valence-electron chi connectivity index (χ2n) is 5.75. The van der Waals surface area contributed by atoms with Gasteiger partial charge in [0.25, 0.3) is 5.91 Å². The van der Waals surface area contributed by atoms with Gasteiger partial charge in [0.2, 0.25) is 0 Å². The third-order valence-electron chi connectivity index (χ3n) is 3.99. The highest BCUT2D eigenvalue weighted by Crippen LogP contribution is 2.21. The Kier molecular flexibility index (Phi) is 3.50. The molecule has 0 bridgehead atoms. The maximum atomic E-state index is 12.5.